The molecule has 21 heavy (non-hydrogen) atoms. The van der Waals surface area contributed by atoms with Crippen LogP contribution in [0.1, 0.15) is 68.3 Å². The number of hydrogen-bond donors (Lipinski definition) is 2. The lowest BCUT2D eigenvalue weighted by Crippen LogP contribution is -2.32. The molecule has 1 heterocycles. The monoisotopic (exact) mass is 290 g/mol. The smallest absolute Gasteiger partial charge is 0.220 e. The fourth-order valence-electron chi connectivity index (χ4n) is 2.88. The number of nitrogens with two attached hydrogens (primary N) is 1. The quantitative estimate of drug-likeness (QED) is 0.875. The number of ether oxygens (including phenoxy) is 1. The van der Waals surface area contributed by atoms with Crippen LogP contribution in [-0.4, -0.2) is 12.5 Å². The van der Waals surface area contributed by atoms with Crippen LogP contribution >= 0.6 is 0 Å². The second-order valence-electron chi connectivity index (χ2n) is 5.78. The number of carbonyl (C=O) groups is 1. The molecule has 1 aromatic carbocycles. The van der Waals surface area contributed by atoms with E-state index >= 15 is 0 Å². The summed E-state index contributed by atoms with van der Waals surface area (Å²) in [6, 6.07) is 4.25. The Kier molecular flexibility index (Phi) is 5.23. The zero-order valence-electron chi connectivity index (χ0n) is 13.2. The third-order valence-electron chi connectivity index (χ3n) is 3.97. The van der Waals surface area contributed by atoms with Gasteiger partial charge >= 0.3 is 0 Å². The molecule has 2 atom stereocenters. The first kappa shape index (κ1) is 15.8. The lowest BCUT2D eigenvalue weighted by molar-refractivity contribution is -0.121. The molecule has 4 heteroatoms. The van der Waals surface area contributed by atoms with E-state index in [-0.39, 0.29) is 18.0 Å². The minimum absolute atomic E-state index is 0.00993. The van der Waals surface area contributed by atoms with Crippen LogP contribution in [0.15, 0.2) is 12.1 Å². The van der Waals surface area contributed by atoms with Gasteiger partial charge in [-0.1, -0.05) is 38.0 Å². The molecule has 4 nitrogen and oxygen atoms in total. The third kappa shape index (κ3) is 3.56. The molecule has 0 saturated heterocycles. The molecule has 0 saturated carbocycles. The predicted molar refractivity (Wildman–Crippen MR) is 84.3 cm³/mol. The van der Waals surface area contributed by atoms with E-state index in [1.54, 1.807) is 0 Å². The summed E-state index contributed by atoms with van der Waals surface area (Å²) in [4.78, 5) is 11.7. The van der Waals surface area contributed by atoms with Crippen molar-refractivity contribution in [3.63, 3.8) is 0 Å². The van der Waals surface area contributed by atoms with Crippen LogP contribution < -0.4 is 15.8 Å². The molecule has 1 aliphatic heterocycles. The summed E-state index contributed by atoms with van der Waals surface area (Å²) in [5, 5.41) is 3.09. The predicted octanol–water partition coefficient (Wildman–Crippen LogP) is 3.14. The minimum Gasteiger partial charge on any atom is -0.493 e. The van der Waals surface area contributed by atoms with Crippen LogP contribution in [0.2, 0.25) is 0 Å². The maximum Gasteiger partial charge on any atom is 0.220 e. The maximum atomic E-state index is 11.7. The second kappa shape index (κ2) is 6.94. The summed E-state index contributed by atoms with van der Waals surface area (Å²) >= 11 is 0. The van der Waals surface area contributed by atoms with Crippen LogP contribution in [0.5, 0.6) is 5.75 Å². The molecule has 1 amide bonds. The first-order valence-electron chi connectivity index (χ1n) is 7.89. The third-order valence-corrected chi connectivity index (χ3v) is 3.97. The maximum absolute atomic E-state index is 11.7. The highest BCUT2D eigenvalue weighted by atomic mass is 16.5. The van der Waals surface area contributed by atoms with E-state index in [2.05, 4.69) is 31.3 Å². The van der Waals surface area contributed by atoms with E-state index in [0.29, 0.717) is 13.0 Å². The van der Waals surface area contributed by atoms with Crippen molar-refractivity contribution in [3.05, 3.63) is 28.8 Å². The number of nitrogens with one attached hydrogen (secondary N) is 1. The van der Waals surface area contributed by atoms with Gasteiger partial charge in [-0.3, -0.25) is 4.79 Å². The largest absolute Gasteiger partial charge is 0.493 e. The number of rotatable bonds is 5. The molecular weight excluding hydrogens is 264 g/mol. The van der Waals surface area contributed by atoms with Crippen molar-refractivity contribution in [3.8, 4) is 5.75 Å². The highest BCUT2D eigenvalue weighted by Gasteiger charge is 2.26. The summed E-state index contributed by atoms with van der Waals surface area (Å²) in [7, 11) is 0. The van der Waals surface area contributed by atoms with Crippen molar-refractivity contribution in [1.82, 2.24) is 5.32 Å². The molecule has 3 N–H and O–H groups in total. The molecule has 0 aromatic heterocycles. The Hall–Kier alpha value is -1.55. The van der Waals surface area contributed by atoms with E-state index in [4.69, 9.17) is 10.5 Å². The normalized spacial score (nSPS) is 18.6. The first-order chi connectivity index (χ1) is 10.1. The zero-order chi connectivity index (χ0) is 15.4. The standard InChI is InChI=1S/C17H26N2O2/c1-4-6-14(18)12-9-11(3)10-13-15(19-16(20)5-2)7-8-21-17(12)13/h9-10,14-15H,4-8,18H2,1-3H3,(H,19,20). The Morgan fingerprint density at radius 3 is 2.90 bits per heavy atom. The molecule has 0 aliphatic carbocycles. The Balaban J connectivity index is 2.37. The Labute approximate surface area is 127 Å². The van der Waals surface area contributed by atoms with Crippen LogP contribution in [0.3, 0.4) is 0 Å². The Bertz CT molecular complexity index is 514. The van der Waals surface area contributed by atoms with E-state index in [9.17, 15) is 4.79 Å². The Morgan fingerprint density at radius 2 is 2.24 bits per heavy atom. The van der Waals surface area contributed by atoms with E-state index in [1.165, 1.54) is 0 Å². The molecule has 0 bridgehead atoms. The molecule has 0 spiro atoms. The van der Waals surface area contributed by atoms with Gasteiger partial charge in [-0.15, -0.1) is 0 Å². The fraction of sp³-hybridized carbons (Fsp3) is 0.588. The van der Waals surface area contributed by atoms with Gasteiger partial charge in [-0.25, -0.2) is 0 Å². The van der Waals surface area contributed by atoms with Crippen molar-refractivity contribution in [2.75, 3.05) is 6.61 Å². The lowest BCUT2D eigenvalue weighted by atomic mass is 9.91. The van der Waals surface area contributed by atoms with Crippen molar-refractivity contribution in [1.29, 1.82) is 0 Å². The van der Waals surface area contributed by atoms with Crippen molar-refractivity contribution >= 4 is 5.91 Å². The molecule has 0 radical (unpaired) electrons. The summed E-state index contributed by atoms with van der Waals surface area (Å²) < 4.78 is 5.89. The second-order valence-corrected chi connectivity index (χ2v) is 5.78. The van der Waals surface area contributed by atoms with Gasteiger partial charge in [0.2, 0.25) is 5.91 Å². The van der Waals surface area contributed by atoms with Gasteiger partial charge in [0.05, 0.1) is 12.6 Å². The number of benzene rings is 1. The molecular formula is C17H26N2O2. The average molecular weight is 290 g/mol. The molecule has 2 rings (SSSR count). The summed E-state index contributed by atoms with van der Waals surface area (Å²) in [6.45, 7) is 6.69. The summed E-state index contributed by atoms with van der Waals surface area (Å²) in [6.07, 6.45) is 3.29. The van der Waals surface area contributed by atoms with Crippen LogP contribution in [0.25, 0.3) is 0 Å². The highest BCUT2D eigenvalue weighted by molar-refractivity contribution is 5.76. The van der Waals surface area contributed by atoms with E-state index in [1.807, 2.05) is 6.92 Å². The molecule has 0 fully saturated rings. The highest BCUT2D eigenvalue weighted by Crippen LogP contribution is 2.39. The number of aryl methyl sites for hydroxylation is 1. The van der Waals surface area contributed by atoms with Crippen molar-refractivity contribution in [2.24, 2.45) is 5.73 Å². The number of hydrogen-bond acceptors (Lipinski definition) is 3. The van der Waals surface area contributed by atoms with Gasteiger partial charge in [-0.05, 0) is 13.3 Å². The SMILES string of the molecule is CCCC(N)c1cc(C)cc2c1OCCC2NC(=O)CC. The number of fused-ring (bicyclic) bond motifs is 1. The van der Waals surface area contributed by atoms with Crippen LogP contribution in [-0.2, 0) is 4.79 Å². The molecule has 2 unspecified atom stereocenters. The van der Waals surface area contributed by atoms with Crippen molar-refractivity contribution < 1.29 is 9.53 Å². The lowest BCUT2D eigenvalue weighted by Gasteiger charge is -2.30. The van der Waals surface area contributed by atoms with Gasteiger partial charge in [0.25, 0.3) is 0 Å². The number of amides is 1. The van der Waals surface area contributed by atoms with E-state index in [0.717, 1.165) is 41.7 Å². The first-order valence-corrected chi connectivity index (χ1v) is 7.89. The molecule has 1 aliphatic rings. The van der Waals surface area contributed by atoms with Crippen LogP contribution in [0.4, 0.5) is 0 Å². The zero-order valence-corrected chi connectivity index (χ0v) is 13.2. The minimum atomic E-state index is -0.00993. The number of carbonyl (C=O) groups excluding carboxylic acids is 1. The van der Waals surface area contributed by atoms with Crippen molar-refractivity contribution in [2.45, 2.75) is 58.5 Å². The Morgan fingerprint density at radius 1 is 1.48 bits per heavy atom. The van der Waals surface area contributed by atoms with Gasteiger partial charge in [-0.2, -0.15) is 0 Å². The molecule has 116 valence electrons. The summed E-state index contributed by atoms with van der Waals surface area (Å²) in [5.41, 5.74) is 9.61. The van der Waals surface area contributed by atoms with E-state index < -0.39 is 0 Å². The summed E-state index contributed by atoms with van der Waals surface area (Å²) in [5.74, 6) is 0.961. The van der Waals surface area contributed by atoms with Gasteiger partial charge in [0, 0.05) is 30.0 Å². The van der Waals surface area contributed by atoms with Gasteiger partial charge < -0.3 is 15.8 Å². The van der Waals surface area contributed by atoms with Gasteiger partial charge in [0.15, 0.2) is 0 Å². The van der Waals surface area contributed by atoms with Gasteiger partial charge in [0.1, 0.15) is 5.75 Å². The average Bonchev–Trinajstić information content (AvgIpc) is 2.47. The molecule has 1 aromatic rings. The fourth-order valence-corrected chi connectivity index (χ4v) is 2.88. The topological polar surface area (TPSA) is 64.3 Å². The van der Waals surface area contributed by atoms with Crippen LogP contribution in [0, 0.1) is 6.92 Å².